The number of aromatic nitrogens is 1. The van der Waals surface area contributed by atoms with Crippen LogP contribution in [0, 0.1) is 17.7 Å². The Morgan fingerprint density at radius 3 is 2.57 bits per heavy atom. The summed E-state index contributed by atoms with van der Waals surface area (Å²) in [6.07, 6.45) is 5.89. The highest BCUT2D eigenvalue weighted by Crippen LogP contribution is 2.41. The molecule has 1 aromatic heterocycles. The lowest BCUT2D eigenvalue weighted by Gasteiger charge is -2.33. The van der Waals surface area contributed by atoms with Crippen LogP contribution in [0.4, 0.5) is 10.1 Å². The van der Waals surface area contributed by atoms with Crippen molar-refractivity contribution in [2.24, 2.45) is 17.0 Å². The van der Waals surface area contributed by atoms with Gasteiger partial charge in [0, 0.05) is 28.2 Å². The number of pyridine rings is 1. The third-order valence-electron chi connectivity index (χ3n) is 6.31. The topological polar surface area (TPSA) is 57.5 Å². The van der Waals surface area contributed by atoms with Crippen LogP contribution in [0.15, 0.2) is 59.9 Å². The van der Waals surface area contributed by atoms with Gasteiger partial charge >= 0.3 is 0 Å². The van der Waals surface area contributed by atoms with Crippen molar-refractivity contribution >= 4 is 34.0 Å². The molecular formula is C24H25ClFN3O. The Kier molecular flexibility index (Phi) is 6.18. The maximum Gasteiger partial charge on any atom is 0.149 e. The average molecular weight is 426 g/mol. The van der Waals surface area contributed by atoms with Gasteiger partial charge in [-0.05, 0) is 91.6 Å². The van der Waals surface area contributed by atoms with Crippen molar-refractivity contribution in [3.63, 3.8) is 0 Å². The maximum absolute atomic E-state index is 13.8. The highest BCUT2D eigenvalue weighted by atomic mass is 35.5. The quantitative estimate of drug-likeness (QED) is 0.208. The number of amidine groups is 1. The van der Waals surface area contributed by atoms with Crippen LogP contribution >= 0.6 is 11.6 Å². The van der Waals surface area contributed by atoms with E-state index in [1.54, 1.807) is 24.3 Å². The first-order valence-corrected chi connectivity index (χ1v) is 10.7. The average Bonchev–Trinajstić information content (AvgIpc) is 2.78. The summed E-state index contributed by atoms with van der Waals surface area (Å²) < 4.78 is 13.8. The smallest absolute Gasteiger partial charge is 0.149 e. The first-order valence-electron chi connectivity index (χ1n) is 10.3. The minimum Gasteiger partial charge on any atom is -0.409 e. The number of benzene rings is 2. The molecule has 1 heterocycles. The Morgan fingerprint density at radius 2 is 1.87 bits per heavy atom. The van der Waals surface area contributed by atoms with E-state index in [0.717, 1.165) is 42.3 Å². The van der Waals surface area contributed by atoms with Gasteiger partial charge in [0.1, 0.15) is 11.7 Å². The van der Waals surface area contributed by atoms with Gasteiger partial charge in [0.2, 0.25) is 0 Å². The van der Waals surface area contributed by atoms with Crippen molar-refractivity contribution in [3.05, 3.63) is 71.1 Å². The van der Waals surface area contributed by atoms with Gasteiger partial charge in [0.15, 0.2) is 0 Å². The lowest BCUT2D eigenvalue weighted by Crippen LogP contribution is -2.30. The molecule has 1 unspecified atom stereocenters. The van der Waals surface area contributed by atoms with Crippen molar-refractivity contribution in [2.75, 3.05) is 5.32 Å². The van der Waals surface area contributed by atoms with Crippen LogP contribution in [0.25, 0.3) is 10.9 Å². The zero-order valence-corrected chi connectivity index (χ0v) is 17.6. The van der Waals surface area contributed by atoms with E-state index in [1.165, 1.54) is 11.6 Å². The molecule has 3 aromatic rings. The number of nitrogens with zero attached hydrogens (tertiary/aromatic N) is 2. The number of nitrogens with one attached hydrogen (secondary N) is 1. The molecule has 0 amide bonds. The molecule has 30 heavy (non-hydrogen) atoms. The molecule has 1 atom stereocenters. The predicted molar refractivity (Wildman–Crippen MR) is 120 cm³/mol. The van der Waals surface area contributed by atoms with Gasteiger partial charge in [-0.15, -0.1) is 0 Å². The first-order chi connectivity index (χ1) is 14.5. The Balaban J connectivity index is 1.44. The van der Waals surface area contributed by atoms with E-state index >= 15 is 0 Å². The molecule has 0 bridgehead atoms. The third kappa shape index (κ3) is 4.41. The Labute approximate surface area is 180 Å². The molecule has 1 saturated carbocycles. The number of anilines is 1. The summed E-state index contributed by atoms with van der Waals surface area (Å²) in [7, 11) is 0. The second-order valence-corrected chi connectivity index (χ2v) is 8.52. The summed E-state index contributed by atoms with van der Waals surface area (Å²) in [5.74, 6) is 1.24. The molecule has 156 valence electrons. The van der Waals surface area contributed by atoms with Gasteiger partial charge < -0.3 is 10.5 Å². The zero-order valence-electron chi connectivity index (χ0n) is 16.9. The van der Waals surface area contributed by atoms with E-state index < -0.39 is 0 Å². The van der Waals surface area contributed by atoms with Crippen molar-refractivity contribution in [1.29, 1.82) is 0 Å². The van der Waals surface area contributed by atoms with Crippen LogP contribution in [0.1, 0.15) is 44.1 Å². The van der Waals surface area contributed by atoms with Crippen LogP contribution in [0.3, 0.4) is 0 Å². The highest BCUT2D eigenvalue weighted by molar-refractivity contribution is 6.30. The van der Waals surface area contributed by atoms with Crippen LogP contribution in [-0.2, 0) is 0 Å². The summed E-state index contributed by atoms with van der Waals surface area (Å²) >= 11 is 5.94. The van der Waals surface area contributed by atoms with Crippen molar-refractivity contribution in [1.82, 2.24) is 4.98 Å². The second kappa shape index (κ2) is 9.00. The molecule has 0 aliphatic heterocycles. The number of oxime groups is 1. The van der Waals surface area contributed by atoms with Crippen molar-refractivity contribution in [2.45, 2.75) is 38.5 Å². The largest absolute Gasteiger partial charge is 0.409 e. The predicted octanol–water partition coefficient (Wildman–Crippen LogP) is 6.84. The van der Waals surface area contributed by atoms with Crippen LogP contribution in [0.5, 0.6) is 0 Å². The van der Waals surface area contributed by atoms with Crippen LogP contribution in [0.2, 0.25) is 5.02 Å². The number of halogens is 2. The van der Waals surface area contributed by atoms with E-state index in [1.807, 2.05) is 24.4 Å². The minimum absolute atomic E-state index is 0.0956. The molecule has 2 N–H and O–H groups in total. The number of fused-ring (bicyclic) bond motifs is 1. The third-order valence-corrected chi connectivity index (χ3v) is 6.56. The minimum atomic E-state index is -0.226. The molecular weight excluding hydrogens is 401 g/mol. The summed E-state index contributed by atoms with van der Waals surface area (Å²) in [6, 6.07) is 14.2. The van der Waals surface area contributed by atoms with Gasteiger partial charge in [-0.2, -0.15) is 0 Å². The standard InChI is InChI=1S/C24H25ClFN3O/c1-15(24(29-30)28-20-9-6-18(25)7-10-20)16-2-4-17(5-3-16)21-12-13-27-23-11-8-19(26)14-22(21)23/h6-17,30H,2-5H2,1H3,(H,28,29). The Hall–Kier alpha value is -2.66. The normalized spacial score (nSPS) is 20.8. The first kappa shape index (κ1) is 20.6. The molecule has 0 radical (unpaired) electrons. The lowest BCUT2D eigenvalue weighted by atomic mass is 9.73. The molecule has 1 fully saturated rings. The fourth-order valence-corrected chi connectivity index (χ4v) is 4.69. The molecule has 4 nitrogen and oxygen atoms in total. The fraction of sp³-hybridized carbons (Fsp3) is 0.333. The van der Waals surface area contributed by atoms with Gasteiger partial charge in [-0.25, -0.2) is 4.39 Å². The molecule has 1 aliphatic carbocycles. The number of hydrogen-bond acceptors (Lipinski definition) is 3. The SMILES string of the molecule is CC(/C(=N/O)Nc1ccc(Cl)cc1)C1CCC(c2ccnc3ccc(F)cc23)CC1. The van der Waals surface area contributed by atoms with Gasteiger partial charge in [-0.1, -0.05) is 23.7 Å². The van der Waals surface area contributed by atoms with E-state index in [0.29, 0.717) is 22.7 Å². The van der Waals surface area contributed by atoms with Crippen molar-refractivity contribution in [3.8, 4) is 0 Å². The molecule has 2 aromatic carbocycles. The van der Waals surface area contributed by atoms with Gasteiger partial charge in [-0.3, -0.25) is 4.98 Å². The zero-order chi connectivity index (χ0) is 21.1. The lowest BCUT2D eigenvalue weighted by molar-refractivity contribution is 0.273. The summed E-state index contributed by atoms with van der Waals surface area (Å²) in [4.78, 5) is 4.37. The molecule has 0 spiro atoms. The van der Waals surface area contributed by atoms with E-state index in [-0.39, 0.29) is 11.7 Å². The maximum atomic E-state index is 13.8. The molecule has 1 aliphatic rings. The van der Waals surface area contributed by atoms with E-state index in [4.69, 9.17) is 11.6 Å². The highest BCUT2D eigenvalue weighted by Gasteiger charge is 2.29. The van der Waals surface area contributed by atoms with Gasteiger partial charge in [0.25, 0.3) is 0 Å². The molecule has 4 rings (SSSR count). The monoisotopic (exact) mass is 425 g/mol. The summed E-state index contributed by atoms with van der Waals surface area (Å²) in [6.45, 7) is 2.10. The summed E-state index contributed by atoms with van der Waals surface area (Å²) in [5.41, 5.74) is 2.87. The second-order valence-electron chi connectivity index (χ2n) is 8.08. The molecule has 6 heteroatoms. The van der Waals surface area contributed by atoms with Gasteiger partial charge in [0.05, 0.1) is 5.52 Å². The van der Waals surface area contributed by atoms with Crippen LogP contribution < -0.4 is 5.32 Å². The van der Waals surface area contributed by atoms with Crippen LogP contribution in [-0.4, -0.2) is 16.0 Å². The fourth-order valence-electron chi connectivity index (χ4n) is 4.56. The molecule has 0 saturated heterocycles. The van der Waals surface area contributed by atoms with E-state index in [9.17, 15) is 9.60 Å². The van der Waals surface area contributed by atoms with Crippen molar-refractivity contribution < 1.29 is 9.60 Å². The Bertz CT molecular complexity index is 1050. The number of hydrogen-bond donors (Lipinski definition) is 2. The van der Waals surface area contributed by atoms with E-state index in [2.05, 4.69) is 22.4 Å². The Morgan fingerprint density at radius 1 is 1.13 bits per heavy atom. The number of rotatable bonds is 4. The summed E-state index contributed by atoms with van der Waals surface area (Å²) in [5, 5.41) is 17.9.